The van der Waals surface area contributed by atoms with Crippen molar-refractivity contribution < 1.29 is 9.53 Å². The van der Waals surface area contributed by atoms with Gasteiger partial charge >= 0.3 is 0 Å². The van der Waals surface area contributed by atoms with E-state index in [1.165, 1.54) is 0 Å². The molecule has 1 aromatic heterocycles. The first kappa shape index (κ1) is 12.2. The fraction of sp³-hybridized carbons (Fsp3) is 0.545. The second-order valence-electron chi connectivity index (χ2n) is 3.90. The molecule has 2 unspecified atom stereocenters. The minimum absolute atomic E-state index is 0.0363. The highest BCUT2D eigenvalue weighted by atomic mass is 79.9. The van der Waals surface area contributed by atoms with Crippen LogP contribution in [0.2, 0.25) is 0 Å². The smallest absolute Gasteiger partial charge is 0.155 e. The maximum atomic E-state index is 12.0. The maximum Gasteiger partial charge on any atom is 0.155 e. The number of ether oxygens (including phenoxy) is 1. The summed E-state index contributed by atoms with van der Waals surface area (Å²) in [6, 6.07) is 3.94. The third-order valence-corrected chi connectivity index (χ3v) is 4.41. The Labute approximate surface area is 107 Å². The summed E-state index contributed by atoms with van der Waals surface area (Å²) in [6.45, 7) is 0.779. The summed E-state index contributed by atoms with van der Waals surface area (Å²) in [6.07, 6.45) is 1.50. The zero-order valence-electron chi connectivity index (χ0n) is 9.03. The summed E-state index contributed by atoms with van der Waals surface area (Å²) in [7, 11) is 1.69. The molecule has 16 heavy (non-hydrogen) atoms. The molecule has 2 heterocycles. The van der Waals surface area contributed by atoms with E-state index in [1.54, 1.807) is 18.4 Å². The third kappa shape index (κ3) is 2.91. The monoisotopic (exact) mass is 303 g/mol. The van der Waals surface area contributed by atoms with Crippen LogP contribution in [0, 0.1) is 0 Å². The van der Waals surface area contributed by atoms with Gasteiger partial charge in [0.05, 0.1) is 15.9 Å². The molecule has 0 aliphatic carbocycles. The first-order valence-electron chi connectivity index (χ1n) is 5.22. The van der Waals surface area contributed by atoms with Gasteiger partial charge in [0, 0.05) is 25.0 Å². The van der Waals surface area contributed by atoms with Crippen LogP contribution in [0.3, 0.4) is 0 Å². The molecule has 1 aliphatic rings. The Morgan fingerprint density at radius 2 is 2.50 bits per heavy atom. The lowest BCUT2D eigenvalue weighted by Crippen LogP contribution is -2.31. The largest absolute Gasteiger partial charge is 0.380 e. The highest BCUT2D eigenvalue weighted by molar-refractivity contribution is 9.11. The lowest BCUT2D eigenvalue weighted by atomic mass is 10.1. The van der Waals surface area contributed by atoms with Crippen molar-refractivity contribution in [1.82, 2.24) is 5.32 Å². The molecule has 1 aliphatic heterocycles. The summed E-state index contributed by atoms with van der Waals surface area (Å²) in [5.41, 5.74) is 0. The molecule has 0 amide bonds. The Kier molecular flexibility index (Phi) is 4.13. The van der Waals surface area contributed by atoms with E-state index in [-0.39, 0.29) is 17.9 Å². The zero-order valence-corrected chi connectivity index (χ0v) is 11.4. The van der Waals surface area contributed by atoms with Crippen LogP contribution >= 0.6 is 27.3 Å². The Morgan fingerprint density at radius 3 is 3.06 bits per heavy atom. The van der Waals surface area contributed by atoms with Gasteiger partial charge in [-0.3, -0.25) is 4.79 Å². The molecule has 0 aromatic carbocycles. The number of halogens is 1. The van der Waals surface area contributed by atoms with Gasteiger partial charge in [-0.1, -0.05) is 0 Å². The van der Waals surface area contributed by atoms with Gasteiger partial charge in [-0.25, -0.2) is 0 Å². The molecular weight excluding hydrogens is 290 g/mol. The van der Waals surface area contributed by atoms with Crippen molar-refractivity contribution in [1.29, 1.82) is 0 Å². The van der Waals surface area contributed by atoms with Crippen molar-refractivity contribution in [2.75, 3.05) is 13.7 Å². The van der Waals surface area contributed by atoms with E-state index in [4.69, 9.17) is 4.74 Å². The van der Waals surface area contributed by atoms with Gasteiger partial charge < -0.3 is 10.1 Å². The Hall–Kier alpha value is -0.230. The molecule has 1 aromatic rings. The maximum absolute atomic E-state index is 12.0. The molecule has 1 N–H and O–H groups in total. The van der Waals surface area contributed by atoms with Crippen LogP contribution < -0.4 is 5.32 Å². The number of hydrogen-bond acceptors (Lipinski definition) is 4. The van der Waals surface area contributed by atoms with Crippen LogP contribution in [-0.2, 0) is 16.0 Å². The summed E-state index contributed by atoms with van der Waals surface area (Å²) in [5.74, 6) is 0.258. The fourth-order valence-electron chi connectivity index (χ4n) is 1.87. The van der Waals surface area contributed by atoms with Crippen LogP contribution in [-0.4, -0.2) is 31.6 Å². The standard InChI is InChI=1S/C11H14BrNO2S/c1-15-7-4-9(13-6-7)10(14)5-8-2-3-11(12)16-8/h2-3,7,9,13H,4-6H2,1H3. The SMILES string of the molecule is COC1CNC(C(=O)Cc2ccc(Br)s2)C1. The molecule has 0 spiro atoms. The molecule has 2 rings (SSSR count). The van der Waals surface area contributed by atoms with Gasteiger partial charge in [0.1, 0.15) is 0 Å². The first-order chi connectivity index (χ1) is 7.69. The fourth-order valence-corrected chi connectivity index (χ4v) is 3.36. The van der Waals surface area contributed by atoms with Crippen molar-refractivity contribution >= 4 is 33.0 Å². The van der Waals surface area contributed by atoms with Gasteiger partial charge in [-0.2, -0.15) is 0 Å². The number of rotatable bonds is 4. The number of thiophene rings is 1. The minimum atomic E-state index is -0.0363. The van der Waals surface area contributed by atoms with E-state index in [9.17, 15) is 4.79 Å². The van der Waals surface area contributed by atoms with E-state index in [0.717, 1.165) is 21.6 Å². The number of nitrogens with one attached hydrogen (secondary N) is 1. The molecule has 1 fully saturated rings. The summed E-state index contributed by atoms with van der Waals surface area (Å²) < 4.78 is 6.30. The number of ketones is 1. The summed E-state index contributed by atoms with van der Waals surface area (Å²) >= 11 is 5.02. The second kappa shape index (κ2) is 5.40. The van der Waals surface area contributed by atoms with Crippen LogP contribution in [0.5, 0.6) is 0 Å². The Morgan fingerprint density at radius 1 is 1.69 bits per heavy atom. The predicted molar refractivity (Wildman–Crippen MR) is 67.9 cm³/mol. The van der Waals surface area contributed by atoms with Crippen LogP contribution in [0.1, 0.15) is 11.3 Å². The molecule has 0 saturated carbocycles. The van der Waals surface area contributed by atoms with E-state index >= 15 is 0 Å². The highest BCUT2D eigenvalue weighted by Gasteiger charge is 2.29. The Balaban J connectivity index is 1.89. The topological polar surface area (TPSA) is 38.3 Å². The van der Waals surface area contributed by atoms with Gasteiger partial charge in [0.2, 0.25) is 0 Å². The van der Waals surface area contributed by atoms with E-state index < -0.39 is 0 Å². The minimum Gasteiger partial charge on any atom is -0.380 e. The molecule has 0 radical (unpaired) electrons. The van der Waals surface area contributed by atoms with Crippen molar-refractivity contribution in [2.24, 2.45) is 0 Å². The van der Waals surface area contributed by atoms with E-state index in [1.807, 2.05) is 12.1 Å². The second-order valence-corrected chi connectivity index (χ2v) is 6.45. The van der Waals surface area contributed by atoms with Crippen molar-refractivity contribution in [2.45, 2.75) is 25.0 Å². The lowest BCUT2D eigenvalue weighted by Gasteiger charge is -2.08. The molecule has 5 heteroatoms. The Bertz CT molecular complexity index is 380. The average Bonchev–Trinajstić information content (AvgIpc) is 2.87. The molecule has 1 saturated heterocycles. The number of Topliss-reactive ketones (excluding diaryl/α,β-unsaturated/α-hetero) is 1. The van der Waals surface area contributed by atoms with Crippen molar-refractivity contribution in [3.05, 3.63) is 20.8 Å². The molecule has 0 bridgehead atoms. The molecule has 2 atom stereocenters. The highest BCUT2D eigenvalue weighted by Crippen LogP contribution is 2.23. The normalized spacial score (nSPS) is 24.9. The molecule has 88 valence electrons. The third-order valence-electron chi connectivity index (χ3n) is 2.79. The van der Waals surface area contributed by atoms with Gasteiger partial charge in [-0.15, -0.1) is 11.3 Å². The molecular formula is C11H14BrNO2S. The van der Waals surface area contributed by atoms with E-state index in [2.05, 4.69) is 21.2 Å². The van der Waals surface area contributed by atoms with Crippen LogP contribution in [0.4, 0.5) is 0 Å². The zero-order chi connectivity index (χ0) is 11.5. The van der Waals surface area contributed by atoms with Crippen molar-refractivity contribution in [3.63, 3.8) is 0 Å². The number of hydrogen-bond donors (Lipinski definition) is 1. The average molecular weight is 304 g/mol. The van der Waals surface area contributed by atoms with Gasteiger partial charge in [-0.05, 0) is 34.5 Å². The first-order valence-corrected chi connectivity index (χ1v) is 6.83. The molecule has 3 nitrogen and oxygen atoms in total. The van der Waals surface area contributed by atoms with E-state index in [0.29, 0.717) is 6.42 Å². The number of methoxy groups -OCH3 is 1. The number of carbonyl (C=O) groups is 1. The number of carbonyl (C=O) groups excluding carboxylic acids is 1. The van der Waals surface area contributed by atoms with Crippen LogP contribution in [0.25, 0.3) is 0 Å². The lowest BCUT2D eigenvalue weighted by molar-refractivity contribution is -0.120. The van der Waals surface area contributed by atoms with Crippen LogP contribution in [0.15, 0.2) is 15.9 Å². The quantitative estimate of drug-likeness (QED) is 0.924. The van der Waals surface area contributed by atoms with Crippen molar-refractivity contribution in [3.8, 4) is 0 Å². The summed E-state index contributed by atoms with van der Waals surface area (Å²) in [5, 5.41) is 3.20. The van der Waals surface area contributed by atoms with Gasteiger partial charge in [0.15, 0.2) is 5.78 Å². The predicted octanol–water partition coefficient (Wildman–Crippen LogP) is 2.00. The van der Waals surface area contributed by atoms with Gasteiger partial charge in [0.25, 0.3) is 0 Å². The summed E-state index contributed by atoms with van der Waals surface area (Å²) in [4.78, 5) is 13.1.